The molecule has 0 bridgehead atoms. The molecule has 1 aromatic heterocycles. The highest BCUT2D eigenvalue weighted by Crippen LogP contribution is 2.29. The van der Waals surface area contributed by atoms with Gasteiger partial charge in [-0.2, -0.15) is 0 Å². The third kappa shape index (κ3) is 1.76. The first-order valence-corrected chi connectivity index (χ1v) is 5.20. The molecule has 6 heteroatoms. The lowest BCUT2D eigenvalue weighted by molar-refractivity contribution is 0.321. The van der Waals surface area contributed by atoms with Crippen LogP contribution in [0.25, 0.3) is 0 Å². The summed E-state index contributed by atoms with van der Waals surface area (Å²) in [5.41, 5.74) is 0. The maximum atomic E-state index is 8.24. The van der Waals surface area contributed by atoms with Gasteiger partial charge in [0.15, 0.2) is 5.75 Å². The van der Waals surface area contributed by atoms with Crippen molar-refractivity contribution in [1.29, 1.82) is 0 Å². The molecule has 0 aliphatic heterocycles. The van der Waals surface area contributed by atoms with E-state index < -0.39 is 0 Å². The Labute approximate surface area is 75.9 Å². The number of nitrogens with zero attached hydrogens (tertiary/aromatic N) is 1. The molecule has 0 spiro atoms. The summed E-state index contributed by atoms with van der Waals surface area (Å²) < 4.78 is 5.67. The monoisotopic (exact) mass is 207 g/mol. The van der Waals surface area contributed by atoms with Crippen LogP contribution in [0.4, 0.5) is 0 Å². The minimum Gasteiger partial charge on any atom is -0.493 e. The van der Waals surface area contributed by atoms with Crippen molar-refractivity contribution in [3.05, 3.63) is 8.70 Å². The molecule has 11 heavy (non-hydrogen) atoms. The molecule has 0 aliphatic rings. The molecule has 1 N–H and O–H groups in total. The van der Waals surface area contributed by atoms with E-state index in [1.807, 2.05) is 0 Å². The van der Waals surface area contributed by atoms with Crippen molar-refractivity contribution in [2.24, 2.45) is 5.16 Å². The van der Waals surface area contributed by atoms with Gasteiger partial charge in [-0.15, -0.1) is 0 Å². The van der Waals surface area contributed by atoms with E-state index in [9.17, 15) is 0 Å². The van der Waals surface area contributed by atoms with Gasteiger partial charge in [0.1, 0.15) is 8.70 Å². The van der Waals surface area contributed by atoms with E-state index in [0.717, 1.165) is 4.88 Å². The van der Waals surface area contributed by atoms with Crippen molar-refractivity contribution in [2.45, 2.75) is 0 Å². The fourth-order valence-corrected chi connectivity index (χ4v) is 3.07. The van der Waals surface area contributed by atoms with Crippen LogP contribution in [-0.4, -0.2) is 18.5 Å². The fourth-order valence-electron chi connectivity index (χ4n) is 0.576. The summed E-state index contributed by atoms with van der Waals surface area (Å²) in [7, 11) is 4.39. The molecular weight excluding hydrogens is 202 g/mol. The van der Waals surface area contributed by atoms with E-state index in [4.69, 9.17) is 22.2 Å². The third-order valence-corrected chi connectivity index (χ3v) is 3.93. The molecule has 0 saturated carbocycles. The normalized spacial score (nSPS) is 10.6. The maximum Gasteiger partial charge on any atom is 0.167 e. The van der Waals surface area contributed by atoms with E-state index in [1.165, 1.54) is 26.9 Å². The molecule has 0 fully saturated rings. The van der Waals surface area contributed by atoms with Crippen LogP contribution in [0.15, 0.2) is 5.16 Å². The van der Waals surface area contributed by atoms with Gasteiger partial charge in [-0.1, -0.05) is 38.1 Å². The highest BCUT2D eigenvalue weighted by Gasteiger charge is 2.05. The van der Waals surface area contributed by atoms with E-state index in [-0.39, 0.29) is 0 Å². The van der Waals surface area contributed by atoms with Crippen molar-refractivity contribution >= 4 is 39.1 Å². The average molecular weight is 207 g/mol. The molecular formula is C5H5NO2S3. The largest absolute Gasteiger partial charge is 0.493 e. The Morgan fingerprint density at radius 2 is 2.36 bits per heavy atom. The second-order valence-electron chi connectivity index (χ2n) is 1.60. The summed E-state index contributed by atoms with van der Waals surface area (Å²) >= 11 is 4.95. The molecule has 1 aromatic rings. The van der Waals surface area contributed by atoms with Crippen LogP contribution >= 0.6 is 32.9 Å². The van der Waals surface area contributed by atoms with Gasteiger partial charge in [-0.3, -0.25) is 0 Å². The summed E-state index contributed by atoms with van der Waals surface area (Å²) in [6.07, 6.45) is 1.32. The quantitative estimate of drug-likeness (QED) is 0.266. The Balaban J connectivity index is 3.15. The van der Waals surface area contributed by atoms with E-state index in [0.29, 0.717) is 9.57 Å². The number of methoxy groups -OCH3 is 1. The van der Waals surface area contributed by atoms with Gasteiger partial charge in [0, 0.05) is 0 Å². The standard InChI is InChI=1S/C5H5NO2S3/c1-8-4-3(2-6-7)10-11-5(4)9/h2,7H,1H3/b6-2-. The van der Waals surface area contributed by atoms with Crippen LogP contribution in [0.3, 0.4) is 0 Å². The van der Waals surface area contributed by atoms with E-state index in [2.05, 4.69) is 5.16 Å². The predicted molar refractivity (Wildman–Crippen MR) is 49.0 cm³/mol. The van der Waals surface area contributed by atoms with Gasteiger partial charge in [-0.05, 0) is 0 Å². The molecule has 0 atom stereocenters. The highest BCUT2D eigenvalue weighted by atomic mass is 32.9. The number of hydrogen-bond acceptors (Lipinski definition) is 6. The van der Waals surface area contributed by atoms with Crippen LogP contribution in [0.1, 0.15) is 4.88 Å². The zero-order valence-electron chi connectivity index (χ0n) is 5.60. The molecule has 1 heterocycles. The summed E-state index contributed by atoms with van der Waals surface area (Å²) in [5, 5.41) is 11.1. The number of hydrogen-bond donors (Lipinski definition) is 1. The van der Waals surface area contributed by atoms with Crippen molar-refractivity contribution in [3.63, 3.8) is 0 Å². The molecule has 3 nitrogen and oxygen atoms in total. The first-order valence-electron chi connectivity index (χ1n) is 2.64. The second-order valence-corrected chi connectivity index (χ2v) is 4.44. The van der Waals surface area contributed by atoms with E-state index >= 15 is 0 Å². The van der Waals surface area contributed by atoms with Crippen molar-refractivity contribution in [2.75, 3.05) is 7.11 Å². The Kier molecular flexibility index (Phi) is 2.98. The summed E-state index contributed by atoms with van der Waals surface area (Å²) in [6, 6.07) is 0. The van der Waals surface area contributed by atoms with E-state index in [1.54, 1.807) is 7.11 Å². The number of oxime groups is 1. The van der Waals surface area contributed by atoms with Crippen LogP contribution in [0.2, 0.25) is 0 Å². The lowest BCUT2D eigenvalue weighted by Gasteiger charge is -1.92. The zero-order valence-corrected chi connectivity index (χ0v) is 8.05. The average Bonchev–Trinajstić information content (AvgIpc) is 2.33. The number of ether oxygens (including phenoxy) is 1. The van der Waals surface area contributed by atoms with Gasteiger partial charge in [0.25, 0.3) is 0 Å². The van der Waals surface area contributed by atoms with Gasteiger partial charge in [0.2, 0.25) is 0 Å². The number of rotatable bonds is 2. The predicted octanol–water partition coefficient (Wildman–Crippen LogP) is 2.36. The van der Waals surface area contributed by atoms with Crippen molar-refractivity contribution < 1.29 is 9.94 Å². The molecule has 1 rings (SSSR count). The van der Waals surface area contributed by atoms with Crippen LogP contribution in [0, 0.1) is 3.82 Å². The molecule has 0 aromatic carbocycles. The van der Waals surface area contributed by atoms with Crippen LogP contribution in [0.5, 0.6) is 5.75 Å². The Hall–Kier alpha value is -0.460. The molecule has 0 aliphatic carbocycles. The first-order chi connectivity index (χ1) is 5.29. The fraction of sp³-hybridized carbons (Fsp3) is 0.200. The third-order valence-electron chi connectivity index (χ3n) is 0.995. The SMILES string of the molecule is COc1c(/C=N\O)ssc1=S. The minimum atomic E-state index is 0.618. The van der Waals surface area contributed by atoms with Crippen molar-refractivity contribution in [3.8, 4) is 5.75 Å². The van der Waals surface area contributed by atoms with Gasteiger partial charge >= 0.3 is 0 Å². The molecule has 0 saturated heterocycles. The minimum absolute atomic E-state index is 0.618. The summed E-state index contributed by atoms with van der Waals surface area (Å²) in [4.78, 5) is 0.755. The summed E-state index contributed by atoms with van der Waals surface area (Å²) in [6.45, 7) is 0. The topological polar surface area (TPSA) is 41.8 Å². The molecule has 0 amide bonds. The molecule has 0 radical (unpaired) electrons. The van der Waals surface area contributed by atoms with Crippen LogP contribution in [-0.2, 0) is 0 Å². The molecule has 0 unspecified atom stereocenters. The lowest BCUT2D eigenvalue weighted by Crippen LogP contribution is -1.84. The smallest absolute Gasteiger partial charge is 0.167 e. The zero-order chi connectivity index (χ0) is 8.27. The van der Waals surface area contributed by atoms with Gasteiger partial charge in [-0.25, -0.2) is 0 Å². The van der Waals surface area contributed by atoms with Crippen LogP contribution < -0.4 is 4.74 Å². The van der Waals surface area contributed by atoms with Crippen molar-refractivity contribution in [1.82, 2.24) is 0 Å². The Morgan fingerprint density at radius 3 is 2.91 bits per heavy atom. The summed E-state index contributed by atoms with van der Waals surface area (Å²) in [5.74, 6) is 0.618. The van der Waals surface area contributed by atoms with Gasteiger partial charge in [0.05, 0.1) is 13.3 Å². The molecule has 60 valence electrons. The second kappa shape index (κ2) is 3.80. The highest BCUT2D eigenvalue weighted by molar-refractivity contribution is 7.80. The maximum absolute atomic E-state index is 8.24. The first kappa shape index (κ1) is 8.63. The Bertz CT molecular complexity index is 314. The van der Waals surface area contributed by atoms with Gasteiger partial charge < -0.3 is 9.94 Å². The Morgan fingerprint density at radius 1 is 1.64 bits per heavy atom. The lowest BCUT2D eigenvalue weighted by atomic mass is 10.5.